The Hall–Kier alpha value is -2.40. The van der Waals surface area contributed by atoms with Gasteiger partial charge in [-0.2, -0.15) is 0 Å². The maximum atomic E-state index is 13.5. The van der Waals surface area contributed by atoms with Crippen LogP contribution in [0.1, 0.15) is 81.6 Å². The lowest BCUT2D eigenvalue weighted by Gasteiger charge is -2.32. The molecule has 2 aliphatic heterocycles. The molecule has 0 aromatic carbocycles. The molecule has 11 heteroatoms. The number of ether oxygens (including phenoxy) is 1. The number of alkyl carbamates (subject to hydrolysis) is 1. The molecule has 210 valence electrons. The van der Waals surface area contributed by atoms with Gasteiger partial charge in [-0.25, -0.2) is 14.8 Å². The van der Waals surface area contributed by atoms with Crippen LogP contribution in [0.15, 0.2) is 12.4 Å². The lowest BCUT2D eigenvalue weighted by Crippen LogP contribution is -2.52. The van der Waals surface area contributed by atoms with E-state index < -0.39 is 36.1 Å². The van der Waals surface area contributed by atoms with E-state index in [1.807, 2.05) is 46.4 Å². The second kappa shape index (κ2) is 10.3. The average Bonchev–Trinajstić information content (AvgIpc) is 3.45. The second-order valence-corrected chi connectivity index (χ2v) is 13.1. The van der Waals surface area contributed by atoms with Gasteiger partial charge in [-0.3, -0.25) is 4.79 Å². The fraction of sp³-hybridized carbons (Fsp3) is 0.778. The van der Waals surface area contributed by atoms with Crippen LogP contribution in [0.4, 0.5) is 10.7 Å². The van der Waals surface area contributed by atoms with E-state index in [1.54, 1.807) is 33.2 Å². The number of aromatic nitrogens is 2. The van der Waals surface area contributed by atoms with Crippen molar-refractivity contribution in [1.29, 1.82) is 0 Å². The van der Waals surface area contributed by atoms with Gasteiger partial charge in [0.15, 0.2) is 0 Å². The molecule has 2 atom stereocenters. The molecule has 2 saturated heterocycles. The van der Waals surface area contributed by atoms with E-state index >= 15 is 0 Å². The van der Waals surface area contributed by atoms with Gasteiger partial charge < -0.3 is 29.2 Å². The van der Waals surface area contributed by atoms with Crippen molar-refractivity contribution < 1.29 is 23.6 Å². The van der Waals surface area contributed by atoms with Crippen molar-refractivity contribution in [2.75, 3.05) is 18.0 Å². The molecule has 0 unspecified atom stereocenters. The topological polar surface area (TPSA) is 106 Å². The second-order valence-electron chi connectivity index (χ2n) is 13.1. The molecule has 1 aromatic heterocycles. The molecule has 1 aliphatic carbocycles. The SMILES string of the molecule is CC(C)[C@@H](NC(=O)OC(C)(C)C)C(=O)N1CC[C@H](N(c2ncc(B3OC(C)(C)C(C)(C)O3)cn2)C2CC2)C1. The highest BCUT2D eigenvalue weighted by Crippen LogP contribution is 2.37. The van der Waals surface area contributed by atoms with Crippen molar-refractivity contribution in [2.24, 2.45) is 5.92 Å². The number of hydrogen-bond donors (Lipinski definition) is 1. The Morgan fingerprint density at radius 1 is 1.08 bits per heavy atom. The highest BCUT2D eigenvalue weighted by molar-refractivity contribution is 6.61. The minimum atomic E-state index is -0.645. The van der Waals surface area contributed by atoms with Gasteiger partial charge in [0, 0.05) is 37.0 Å². The van der Waals surface area contributed by atoms with Crippen molar-refractivity contribution in [1.82, 2.24) is 20.2 Å². The smallest absolute Gasteiger partial charge is 0.444 e. The molecular weight excluding hydrogens is 485 g/mol. The first-order chi connectivity index (χ1) is 17.6. The predicted octanol–water partition coefficient (Wildman–Crippen LogP) is 2.89. The summed E-state index contributed by atoms with van der Waals surface area (Å²) >= 11 is 0. The Morgan fingerprint density at radius 3 is 2.16 bits per heavy atom. The van der Waals surface area contributed by atoms with E-state index in [4.69, 9.17) is 24.0 Å². The van der Waals surface area contributed by atoms with Crippen LogP contribution in [0.2, 0.25) is 0 Å². The van der Waals surface area contributed by atoms with Crippen LogP contribution < -0.4 is 15.7 Å². The number of carbonyl (C=O) groups excluding carboxylic acids is 2. The zero-order valence-corrected chi connectivity index (χ0v) is 24.4. The van der Waals surface area contributed by atoms with Crippen molar-refractivity contribution >= 4 is 30.5 Å². The Bertz CT molecular complexity index is 1010. The quantitative estimate of drug-likeness (QED) is 0.538. The Labute approximate surface area is 227 Å². The molecule has 1 N–H and O–H groups in total. The summed E-state index contributed by atoms with van der Waals surface area (Å²) < 4.78 is 17.7. The number of nitrogens with one attached hydrogen (secondary N) is 1. The van der Waals surface area contributed by atoms with Gasteiger partial charge in [0.25, 0.3) is 0 Å². The largest absolute Gasteiger partial charge is 0.498 e. The minimum Gasteiger partial charge on any atom is -0.444 e. The minimum absolute atomic E-state index is 0.0699. The maximum absolute atomic E-state index is 13.5. The molecule has 38 heavy (non-hydrogen) atoms. The predicted molar refractivity (Wildman–Crippen MR) is 146 cm³/mol. The third-order valence-electron chi connectivity index (χ3n) is 7.83. The molecule has 1 aromatic rings. The fourth-order valence-corrected chi connectivity index (χ4v) is 4.86. The Morgan fingerprint density at radius 2 is 1.66 bits per heavy atom. The van der Waals surface area contributed by atoms with Crippen LogP contribution in [0.25, 0.3) is 0 Å². The normalized spacial score (nSPS) is 23.5. The lowest BCUT2D eigenvalue weighted by molar-refractivity contribution is -0.133. The molecule has 10 nitrogen and oxygen atoms in total. The van der Waals surface area contributed by atoms with Crippen LogP contribution in [0, 0.1) is 5.92 Å². The fourth-order valence-electron chi connectivity index (χ4n) is 4.86. The first kappa shape index (κ1) is 28.6. The third-order valence-corrected chi connectivity index (χ3v) is 7.83. The van der Waals surface area contributed by atoms with E-state index in [0.29, 0.717) is 25.1 Å². The number of rotatable bonds is 7. The summed E-state index contributed by atoms with van der Waals surface area (Å²) in [6, 6.07) is -0.157. The first-order valence-corrected chi connectivity index (χ1v) is 13.8. The molecule has 0 radical (unpaired) electrons. The van der Waals surface area contributed by atoms with E-state index in [2.05, 4.69) is 10.2 Å². The molecule has 0 spiro atoms. The zero-order valence-electron chi connectivity index (χ0n) is 24.4. The highest BCUT2D eigenvalue weighted by atomic mass is 16.7. The summed E-state index contributed by atoms with van der Waals surface area (Å²) in [6.45, 7) is 18.6. The molecule has 2 amide bonds. The van der Waals surface area contributed by atoms with Crippen molar-refractivity contribution in [3.05, 3.63) is 12.4 Å². The lowest BCUT2D eigenvalue weighted by atomic mass is 9.81. The average molecular weight is 529 g/mol. The standard InChI is InChI=1S/C27H44BN5O5/c1-17(2)21(31-24(35)36-25(3,4)5)22(34)32-13-12-20(16-32)33(19-10-11-19)23-29-14-18(15-30-23)28-37-26(6,7)27(8,9)38-28/h14-15,17,19-21H,10-13,16H2,1-9H3,(H,31,35)/t20-,21+/m0/s1. The first-order valence-electron chi connectivity index (χ1n) is 13.8. The van der Waals surface area contributed by atoms with E-state index in [1.165, 1.54) is 0 Å². The summed E-state index contributed by atoms with van der Waals surface area (Å²) in [5, 5.41) is 2.79. The molecule has 4 rings (SSSR count). The van der Waals surface area contributed by atoms with Gasteiger partial charge in [-0.1, -0.05) is 13.8 Å². The van der Waals surface area contributed by atoms with Gasteiger partial charge >= 0.3 is 13.2 Å². The molecule has 0 bridgehead atoms. The number of likely N-dealkylation sites (tertiary alicyclic amines) is 1. The van der Waals surface area contributed by atoms with E-state index in [9.17, 15) is 9.59 Å². The zero-order chi connectivity index (χ0) is 28.0. The summed E-state index contributed by atoms with van der Waals surface area (Å²) in [5.41, 5.74) is -0.694. The molecular formula is C27H44BN5O5. The number of nitrogens with zero attached hydrogens (tertiary/aromatic N) is 4. The summed E-state index contributed by atoms with van der Waals surface area (Å²) in [6.07, 6.45) is 6.00. The number of anilines is 1. The summed E-state index contributed by atoms with van der Waals surface area (Å²) in [4.78, 5) is 39.4. The molecule has 3 heterocycles. The van der Waals surface area contributed by atoms with Crippen LogP contribution in [0.5, 0.6) is 0 Å². The van der Waals surface area contributed by atoms with Gasteiger partial charge in [0.1, 0.15) is 11.6 Å². The van der Waals surface area contributed by atoms with Crippen LogP contribution in [-0.4, -0.2) is 82.0 Å². The maximum Gasteiger partial charge on any atom is 0.498 e. The monoisotopic (exact) mass is 529 g/mol. The van der Waals surface area contributed by atoms with E-state index in [-0.39, 0.29) is 17.9 Å². The highest BCUT2D eigenvalue weighted by Gasteiger charge is 2.52. The van der Waals surface area contributed by atoms with Gasteiger partial charge in [-0.05, 0) is 73.6 Å². The Kier molecular flexibility index (Phi) is 7.75. The number of amides is 2. The third kappa shape index (κ3) is 6.25. The van der Waals surface area contributed by atoms with Crippen molar-refractivity contribution in [3.63, 3.8) is 0 Å². The molecule has 1 saturated carbocycles. The van der Waals surface area contributed by atoms with Gasteiger partial charge in [0.05, 0.1) is 17.2 Å². The van der Waals surface area contributed by atoms with Gasteiger partial charge in [-0.15, -0.1) is 0 Å². The van der Waals surface area contributed by atoms with Crippen molar-refractivity contribution in [3.8, 4) is 0 Å². The molecule has 3 aliphatic rings. The van der Waals surface area contributed by atoms with Crippen LogP contribution in [-0.2, 0) is 18.8 Å². The molecule has 3 fully saturated rings. The van der Waals surface area contributed by atoms with Gasteiger partial charge in [0.2, 0.25) is 11.9 Å². The van der Waals surface area contributed by atoms with Crippen molar-refractivity contribution in [2.45, 2.75) is 117 Å². The Balaban J connectivity index is 1.42. The summed E-state index contributed by atoms with van der Waals surface area (Å²) in [5.74, 6) is 0.514. The summed E-state index contributed by atoms with van der Waals surface area (Å²) in [7, 11) is -0.506. The van der Waals surface area contributed by atoms with Crippen LogP contribution >= 0.6 is 0 Å². The van der Waals surface area contributed by atoms with Crippen LogP contribution in [0.3, 0.4) is 0 Å². The number of carbonyl (C=O) groups is 2. The van der Waals surface area contributed by atoms with E-state index in [0.717, 1.165) is 24.7 Å². The number of hydrogen-bond acceptors (Lipinski definition) is 8.